The fourth-order valence-corrected chi connectivity index (χ4v) is 3.50. The molecule has 118 valence electrons. The quantitative estimate of drug-likeness (QED) is 0.859. The first-order valence-corrected chi connectivity index (χ1v) is 9.32. The van der Waals surface area contributed by atoms with Gasteiger partial charge in [0.05, 0.1) is 19.0 Å². The Morgan fingerprint density at radius 1 is 1.24 bits per heavy atom. The fourth-order valence-electron chi connectivity index (χ4n) is 2.50. The SMILES string of the molecule is CC(CS(C)(=O)=O)Nc1ccc(CN2CCOCC2)cc1. The van der Waals surface area contributed by atoms with Crippen LogP contribution in [0.4, 0.5) is 5.69 Å². The van der Waals surface area contributed by atoms with E-state index in [2.05, 4.69) is 22.3 Å². The van der Waals surface area contributed by atoms with Gasteiger partial charge in [-0.05, 0) is 24.6 Å². The molecule has 0 aliphatic carbocycles. The predicted molar refractivity (Wildman–Crippen MR) is 85.3 cm³/mol. The topological polar surface area (TPSA) is 58.6 Å². The molecule has 1 unspecified atom stereocenters. The molecular weight excluding hydrogens is 288 g/mol. The Morgan fingerprint density at radius 3 is 2.43 bits per heavy atom. The first-order valence-electron chi connectivity index (χ1n) is 7.26. The van der Waals surface area contributed by atoms with E-state index in [1.165, 1.54) is 11.8 Å². The third-order valence-electron chi connectivity index (χ3n) is 3.43. The summed E-state index contributed by atoms with van der Waals surface area (Å²) in [7, 11) is -2.95. The van der Waals surface area contributed by atoms with Gasteiger partial charge < -0.3 is 10.1 Å². The summed E-state index contributed by atoms with van der Waals surface area (Å²) < 4.78 is 27.8. The van der Waals surface area contributed by atoms with Crippen molar-refractivity contribution in [2.45, 2.75) is 19.5 Å². The van der Waals surface area contributed by atoms with Gasteiger partial charge in [0.2, 0.25) is 0 Å². The second kappa shape index (κ2) is 7.24. The minimum absolute atomic E-state index is 0.0925. The summed E-state index contributed by atoms with van der Waals surface area (Å²) in [6, 6.07) is 8.10. The van der Waals surface area contributed by atoms with Gasteiger partial charge in [0.25, 0.3) is 0 Å². The molecule has 1 aromatic carbocycles. The number of nitrogens with zero attached hydrogens (tertiary/aromatic N) is 1. The highest BCUT2D eigenvalue weighted by molar-refractivity contribution is 7.90. The maximum absolute atomic E-state index is 11.3. The fraction of sp³-hybridized carbons (Fsp3) is 0.600. The third-order valence-corrected chi connectivity index (χ3v) is 4.54. The lowest BCUT2D eigenvalue weighted by atomic mass is 10.2. The van der Waals surface area contributed by atoms with Crippen LogP contribution in [-0.2, 0) is 21.1 Å². The molecule has 0 saturated carbocycles. The zero-order valence-electron chi connectivity index (χ0n) is 12.7. The molecule has 0 amide bonds. The Kier molecular flexibility index (Phi) is 5.61. The van der Waals surface area contributed by atoms with Crippen LogP contribution in [0, 0.1) is 0 Å². The van der Waals surface area contributed by atoms with Crippen molar-refractivity contribution in [3.8, 4) is 0 Å². The molecule has 1 aliphatic heterocycles. The number of morpholine rings is 1. The van der Waals surface area contributed by atoms with Crippen LogP contribution in [-0.4, -0.2) is 57.7 Å². The Hall–Kier alpha value is -1.11. The largest absolute Gasteiger partial charge is 0.382 e. The Balaban J connectivity index is 1.86. The van der Waals surface area contributed by atoms with Crippen molar-refractivity contribution in [2.75, 3.05) is 43.6 Å². The molecule has 21 heavy (non-hydrogen) atoms. The summed E-state index contributed by atoms with van der Waals surface area (Å²) in [5.41, 5.74) is 2.22. The van der Waals surface area contributed by atoms with Crippen molar-refractivity contribution in [2.24, 2.45) is 0 Å². The molecule has 0 spiro atoms. The number of nitrogens with one attached hydrogen (secondary N) is 1. The molecule has 1 atom stereocenters. The maximum atomic E-state index is 11.3. The normalized spacial score (nSPS) is 18.4. The van der Waals surface area contributed by atoms with E-state index < -0.39 is 9.84 Å². The minimum atomic E-state index is -2.95. The summed E-state index contributed by atoms with van der Waals surface area (Å²) >= 11 is 0. The standard InChI is InChI=1S/C15H24N2O3S/c1-13(12-21(2,18)19)16-15-5-3-14(4-6-15)11-17-7-9-20-10-8-17/h3-6,13,16H,7-12H2,1-2H3. The van der Waals surface area contributed by atoms with E-state index >= 15 is 0 Å². The zero-order chi connectivity index (χ0) is 15.3. The molecule has 2 rings (SSSR count). The Labute approximate surface area is 127 Å². The van der Waals surface area contributed by atoms with E-state index in [4.69, 9.17) is 4.74 Å². The van der Waals surface area contributed by atoms with E-state index in [1.807, 2.05) is 19.1 Å². The first-order chi connectivity index (χ1) is 9.92. The van der Waals surface area contributed by atoms with Crippen LogP contribution in [0.5, 0.6) is 0 Å². The summed E-state index contributed by atoms with van der Waals surface area (Å²) in [6.07, 6.45) is 1.26. The zero-order valence-corrected chi connectivity index (χ0v) is 13.5. The van der Waals surface area contributed by atoms with Crippen LogP contribution in [0.25, 0.3) is 0 Å². The van der Waals surface area contributed by atoms with Gasteiger partial charge in [-0.1, -0.05) is 12.1 Å². The molecular formula is C15H24N2O3S. The highest BCUT2D eigenvalue weighted by Crippen LogP contribution is 2.13. The van der Waals surface area contributed by atoms with Crippen LogP contribution >= 0.6 is 0 Å². The first kappa shape index (κ1) is 16.3. The molecule has 1 fully saturated rings. The van der Waals surface area contributed by atoms with Crippen molar-refractivity contribution in [1.82, 2.24) is 4.90 Å². The van der Waals surface area contributed by atoms with Gasteiger partial charge in [0.1, 0.15) is 9.84 Å². The van der Waals surface area contributed by atoms with E-state index in [1.54, 1.807) is 0 Å². The molecule has 5 nitrogen and oxygen atoms in total. The number of benzene rings is 1. The average molecular weight is 312 g/mol. The molecule has 6 heteroatoms. The van der Waals surface area contributed by atoms with Crippen molar-refractivity contribution in [3.63, 3.8) is 0 Å². The molecule has 1 aromatic rings. The van der Waals surface area contributed by atoms with Gasteiger partial charge in [-0.25, -0.2) is 8.42 Å². The summed E-state index contributed by atoms with van der Waals surface area (Å²) in [5.74, 6) is 0.141. The average Bonchev–Trinajstić information content (AvgIpc) is 2.40. The molecule has 1 aliphatic rings. The van der Waals surface area contributed by atoms with Crippen molar-refractivity contribution in [3.05, 3.63) is 29.8 Å². The maximum Gasteiger partial charge on any atom is 0.149 e. The van der Waals surface area contributed by atoms with E-state index in [0.29, 0.717) is 0 Å². The predicted octanol–water partition coefficient (Wildman–Crippen LogP) is 1.36. The van der Waals surface area contributed by atoms with E-state index in [-0.39, 0.29) is 11.8 Å². The number of sulfone groups is 1. The summed E-state index contributed by atoms with van der Waals surface area (Å²) in [4.78, 5) is 2.37. The van der Waals surface area contributed by atoms with Gasteiger partial charge in [-0.2, -0.15) is 0 Å². The van der Waals surface area contributed by atoms with Crippen LogP contribution in [0.15, 0.2) is 24.3 Å². The van der Waals surface area contributed by atoms with Gasteiger partial charge >= 0.3 is 0 Å². The van der Waals surface area contributed by atoms with Crippen LogP contribution in [0.2, 0.25) is 0 Å². The number of hydrogen-bond donors (Lipinski definition) is 1. The van der Waals surface area contributed by atoms with Crippen LogP contribution < -0.4 is 5.32 Å². The number of hydrogen-bond acceptors (Lipinski definition) is 5. The molecule has 1 N–H and O–H groups in total. The van der Waals surface area contributed by atoms with Crippen LogP contribution in [0.3, 0.4) is 0 Å². The Bertz CT molecular complexity index is 537. The molecule has 1 saturated heterocycles. The molecule has 1 heterocycles. The minimum Gasteiger partial charge on any atom is -0.382 e. The second-order valence-electron chi connectivity index (χ2n) is 5.72. The molecule has 0 aromatic heterocycles. The van der Waals surface area contributed by atoms with Crippen molar-refractivity contribution >= 4 is 15.5 Å². The van der Waals surface area contributed by atoms with Gasteiger partial charge in [-0.3, -0.25) is 4.90 Å². The van der Waals surface area contributed by atoms with E-state index in [9.17, 15) is 8.42 Å². The van der Waals surface area contributed by atoms with Gasteiger partial charge in [0.15, 0.2) is 0 Å². The smallest absolute Gasteiger partial charge is 0.149 e. The van der Waals surface area contributed by atoms with Gasteiger partial charge in [0, 0.05) is 37.6 Å². The lowest BCUT2D eigenvalue weighted by molar-refractivity contribution is 0.0342. The highest BCUT2D eigenvalue weighted by atomic mass is 32.2. The molecule has 0 radical (unpaired) electrons. The number of rotatable bonds is 6. The summed E-state index contributed by atoms with van der Waals surface area (Å²) in [5, 5.41) is 3.22. The third kappa shape index (κ3) is 6.03. The Morgan fingerprint density at radius 2 is 1.86 bits per heavy atom. The lowest BCUT2D eigenvalue weighted by Crippen LogP contribution is -2.35. The van der Waals surface area contributed by atoms with Gasteiger partial charge in [-0.15, -0.1) is 0 Å². The van der Waals surface area contributed by atoms with E-state index in [0.717, 1.165) is 38.5 Å². The number of anilines is 1. The van der Waals surface area contributed by atoms with Crippen LogP contribution in [0.1, 0.15) is 12.5 Å². The highest BCUT2D eigenvalue weighted by Gasteiger charge is 2.12. The molecule has 0 bridgehead atoms. The monoisotopic (exact) mass is 312 g/mol. The van der Waals surface area contributed by atoms with Crippen molar-refractivity contribution in [1.29, 1.82) is 0 Å². The number of ether oxygens (including phenoxy) is 1. The summed E-state index contributed by atoms with van der Waals surface area (Å²) in [6.45, 7) is 6.38. The second-order valence-corrected chi connectivity index (χ2v) is 7.91. The lowest BCUT2D eigenvalue weighted by Gasteiger charge is -2.26. The van der Waals surface area contributed by atoms with Crippen molar-refractivity contribution < 1.29 is 13.2 Å².